The summed E-state index contributed by atoms with van der Waals surface area (Å²) in [5.41, 5.74) is 4.81. The van der Waals surface area contributed by atoms with Crippen LogP contribution in [0.25, 0.3) is 11.8 Å². The number of amides is 2. The number of carbonyl (C=O) groups is 2. The van der Waals surface area contributed by atoms with Gasteiger partial charge >= 0.3 is 0 Å². The van der Waals surface area contributed by atoms with E-state index < -0.39 is 5.91 Å². The molecule has 0 unspecified atom stereocenters. The van der Waals surface area contributed by atoms with Crippen LogP contribution in [0.2, 0.25) is 0 Å². The predicted molar refractivity (Wildman–Crippen MR) is 144 cm³/mol. The summed E-state index contributed by atoms with van der Waals surface area (Å²) in [7, 11) is 1.64. The van der Waals surface area contributed by atoms with Gasteiger partial charge in [0.25, 0.3) is 5.91 Å². The summed E-state index contributed by atoms with van der Waals surface area (Å²) < 4.78 is 13.0. The largest absolute Gasteiger partial charge is 0.495 e. The Morgan fingerprint density at radius 1 is 1.22 bits per heavy atom. The van der Waals surface area contributed by atoms with Crippen molar-refractivity contribution >= 4 is 45.7 Å². The molecule has 1 saturated heterocycles. The molecule has 5 rings (SSSR count). The van der Waals surface area contributed by atoms with Crippen LogP contribution >= 0.6 is 11.8 Å². The van der Waals surface area contributed by atoms with Crippen molar-refractivity contribution in [2.24, 2.45) is 10.1 Å². The molecule has 11 heteroatoms. The second kappa shape index (κ2) is 9.98. The van der Waals surface area contributed by atoms with E-state index in [0.717, 1.165) is 45.7 Å². The third-order valence-corrected chi connectivity index (χ3v) is 7.42. The molecule has 2 aromatic rings. The lowest BCUT2D eigenvalue weighted by atomic mass is 10.1. The summed E-state index contributed by atoms with van der Waals surface area (Å²) in [6, 6.07) is 7.95. The van der Waals surface area contributed by atoms with Crippen molar-refractivity contribution in [3.8, 4) is 11.4 Å². The maximum atomic E-state index is 12.9. The van der Waals surface area contributed by atoms with Crippen LogP contribution in [-0.2, 0) is 14.3 Å². The van der Waals surface area contributed by atoms with E-state index in [1.165, 1.54) is 5.01 Å². The minimum absolute atomic E-state index is 0.0531. The van der Waals surface area contributed by atoms with E-state index in [1.54, 1.807) is 18.1 Å². The number of morpholine rings is 1. The molecule has 0 bridgehead atoms. The van der Waals surface area contributed by atoms with Crippen LogP contribution < -0.4 is 4.74 Å². The van der Waals surface area contributed by atoms with Gasteiger partial charge in [-0.25, -0.2) is 0 Å². The lowest BCUT2D eigenvalue weighted by Gasteiger charge is -2.26. The fourth-order valence-corrected chi connectivity index (χ4v) is 5.47. The van der Waals surface area contributed by atoms with Gasteiger partial charge in [0.05, 0.1) is 38.0 Å². The van der Waals surface area contributed by atoms with Crippen molar-refractivity contribution in [3.05, 3.63) is 52.4 Å². The highest BCUT2D eigenvalue weighted by molar-refractivity contribution is 8.27. The van der Waals surface area contributed by atoms with Gasteiger partial charge in [-0.2, -0.15) is 15.1 Å². The number of nitrogens with one attached hydrogen (secondary N) is 1. The van der Waals surface area contributed by atoms with Crippen LogP contribution in [-0.4, -0.2) is 75.8 Å². The molecular formula is C26H28N6O4S. The number of hydrogen-bond donors (Lipinski definition) is 1. The number of aromatic nitrogens is 1. The Morgan fingerprint density at radius 3 is 2.70 bits per heavy atom. The predicted octanol–water partition coefficient (Wildman–Crippen LogP) is 3.28. The Morgan fingerprint density at radius 2 is 1.97 bits per heavy atom. The van der Waals surface area contributed by atoms with Crippen LogP contribution in [0.1, 0.15) is 28.9 Å². The lowest BCUT2D eigenvalue weighted by molar-refractivity contribution is -0.133. The molecule has 0 atom stereocenters. The van der Waals surface area contributed by atoms with Gasteiger partial charge in [-0.1, -0.05) is 6.07 Å². The molecule has 0 radical (unpaired) electrons. The second-order valence-electron chi connectivity index (χ2n) is 9.02. The van der Waals surface area contributed by atoms with Gasteiger partial charge < -0.3 is 18.9 Å². The SMILES string of the molecule is COc1ccc(C)cc1-n1c(C)cc(/C=C2/C(=N)N3N=C(CC(=O)N4CCOCC4)SC3=NC2=O)c1C. The van der Waals surface area contributed by atoms with Crippen LogP contribution in [0.4, 0.5) is 0 Å². The van der Waals surface area contributed by atoms with Gasteiger partial charge in [0.15, 0.2) is 5.84 Å². The van der Waals surface area contributed by atoms with Crippen LogP contribution in [0.3, 0.4) is 0 Å². The minimum atomic E-state index is -0.502. The Bertz CT molecular complexity index is 1400. The molecule has 10 nitrogen and oxygen atoms in total. The molecule has 3 aliphatic rings. The van der Waals surface area contributed by atoms with Crippen molar-refractivity contribution in [1.29, 1.82) is 5.41 Å². The van der Waals surface area contributed by atoms with Crippen molar-refractivity contribution in [2.45, 2.75) is 27.2 Å². The summed E-state index contributed by atoms with van der Waals surface area (Å²) in [6.45, 7) is 8.12. The van der Waals surface area contributed by atoms with E-state index in [1.807, 2.05) is 39.0 Å². The first-order chi connectivity index (χ1) is 17.8. The number of ether oxygens (including phenoxy) is 2. The van der Waals surface area contributed by atoms with E-state index in [9.17, 15) is 9.59 Å². The van der Waals surface area contributed by atoms with E-state index in [2.05, 4.69) is 20.7 Å². The molecule has 3 aliphatic heterocycles. The Labute approximate surface area is 219 Å². The third-order valence-electron chi connectivity index (χ3n) is 6.51. The molecule has 0 aliphatic carbocycles. The highest BCUT2D eigenvalue weighted by atomic mass is 32.2. The highest BCUT2D eigenvalue weighted by Gasteiger charge is 2.36. The fourth-order valence-electron chi connectivity index (χ4n) is 4.59. The van der Waals surface area contributed by atoms with Gasteiger partial charge in [-0.15, -0.1) is 0 Å². The van der Waals surface area contributed by atoms with E-state index in [4.69, 9.17) is 14.9 Å². The number of amidine groups is 2. The maximum absolute atomic E-state index is 12.9. The van der Waals surface area contributed by atoms with Crippen molar-refractivity contribution in [1.82, 2.24) is 14.5 Å². The summed E-state index contributed by atoms with van der Waals surface area (Å²) in [5.74, 6) is 0.124. The number of aliphatic imine (C=N–C) groups is 1. The first-order valence-electron chi connectivity index (χ1n) is 12.0. The zero-order chi connectivity index (χ0) is 26.3. The molecule has 1 aromatic heterocycles. The van der Waals surface area contributed by atoms with Crippen LogP contribution in [0, 0.1) is 26.2 Å². The van der Waals surface area contributed by atoms with E-state index in [0.29, 0.717) is 36.5 Å². The summed E-state index contributed by atoms with van der Waals surface area (Å²) in [4.78, 5) is 31.5. The molecule has 37 heavy (non-hydrogen) atoms. The van der Waals surface area contributed by atoms with Crippen molar-refractivity contribution < 1.29 is 19.1 Å². The number of thioether (sulfide) groups is 1. The molecule has 192 valence electrons. The number of rotatable bonds is 5. The Hall–Kier alpha value is -3.70. The first-order valence-corrected chi connectivity index (χ1v) is 12.8. The van der Waals surface area contributed by atoms with Gasteiger partial charge in [0.2, 0.25) is 11.1 Å². The van der Waals surface area contributed by atoms with Crippen LogP contribution in [0.5, 0.6) is 5.75 Å². The van der Waals surface area contributed by atoms with E-state index >= 15 is 0 Å². The normalized spacial score (nSPS) is 18.8. The fraction of sp³-hybridized carbons (Fsp3) is 0.346. The standard InChI is InChI=1S/C26H28N6O4S/c1-15-5-6-21(35-4)20(11-15)31-16(2)12-18(17(31)3)13-19-24(27)32-26(28-25(19)34)37-22(29-32)14-23(33)30-7-9-36-10-8-30/h5-6,11-13,27H,7-10,14H2,1-4H3/b19-13-,27-24?. The van der Waals surface area contributed by atoms with Crippen LogP contribution in [0.15, 0.2) is 39.9 Å². The molecule has 0 spiro atoms. The lowest BCUT2D eigenvalue weighted by Crippen LogP contribution is -2.41. The number of aryl methyl sites for hydroxylation is 2. The van der Waals surface area contributed by atoms with Gasteiger partial charge in [0.1, 0.15) is 10.8 Å². The molecule has 2 amide bonds. The molecule has 1 aromatic carbocycles. The smallest absolute Gasteiger partial charge is 0.283 e. The average Bonchev–Trinajstić information content (AvgIpc) is 3.41. The Kier molecular flexibility index (Phi) is 6.74. The number of benzene rings is 1. The monoisotopic (exact) mass is 520 g/mol. The molecular weight excluding hydrogens is 492 g/mol. The molecule has 1 fully saturated rings. The number of hydrazone groups is 1. The zero-order valence-electron chi connectivity index (χ0n) is 21.2. The van der Waals surface area contributed by atoms with Gasteiger partial charge in [0, 0.05) is 24.5 Å². The summed E-state index contributed by atoms with van der Waals surface area (Å²) in [6.07, 6.45) is 1.78. The average molecular weight is 521 g/mol. The van der Waals surface area contributed by atoms with Gasteiger partial charge in [-0.3, -0.25) is 15.0 Å². The van der Waals surface area contributed by atoms with Crippen molar-refractivity contribution in [3.63, 3.8) is 0 Å². The summed E-state index contributed by atoms with van der Waals surface area (Å²) in [5, 5.41) is 15.3. The quantitative estimate of drug-likeness (QED) is 0.606. The van der Waals surface area contributed by atoms with Crippen molar-refractivity contribution in [2.75, 3.05) is 33.4 Å². The highest BCUT2D eigenvalue weighted by Crippen LogP contribution is 2.32. The number of nitrogens with zero attached hydrogens (tertiary/aromatic N) is 5. The number of carbonyl (C=O) groups excluding carboxylic acids is 2. The van der Waals surface area contributed by atoms with E-state index in [-0.39, 0.29) is 23.7 Å². The van der Waals surface area contributed by atoms with Gasteiger partial charge in [-0.05, 0) is 67.9 Å². The maximum Gasteiger partial charge on any atom is 0.283 e. The number of fused-ring (bicyclic) bond motifs is 1. The summed E-state index contributed by atoms with van der Waals surface area (Å²) >= 11 is 1.16. The second-order valence-corrected chi connectivity index (χ2v) is 10.1. The first kappa shape index (κ1) is 25.0. The third kappa shape index (κ3) is 4.72. The Balaban J connectivity index is 1.42. The number of methoxy groups -OCH3 is 1. The molecule has 0 saturated carbocycles. The molecule has 4 heterocycles. The minimum Gasteiger partial charge on any atom is -0.495 e. The topological polar surface area (TPSA) is 113 Å². The molecule has 1 N–H and O–H groups in total. The zero-order valence-corrected chi connectivity index (χ0v) is 22.0. The number of hydrogen-bond acceptors (Lipinski definition) is 7.